The van der Waals surface area contributed by atoms with E-state index < -0.39 is 0 Å². The Morgan fingerprint density at radius 1 is 1.53 bits per heavy atom. The summed E-state index contributed by atoms with van der Waals surface area (Å²) in [6, 6.07) is 0.591. The molecule has 15 heavy (non-hydrogen) atoms. The Kier molecular flexibility index (Phi) is 3.97. The number of hydrogen-bond acceptors (Lipinski definition) is 4. The van der Waals surface area contributed by atoms with Gasteiger partial charge < -0.3 is 15.2 Å². The first-order valence-electron chi connectivity index (χ1n) is 5.89. The zero-order chi connectivity index (χ0) is 10.7. The van der Waals surface area contributed by atoms with Crippen LogP contribution >= 0.6 is 0 Å². The SMILES string of the molecule is COCC(C1CC1)N1CCOC(CN)C1. The van der Waals surface area contributed by atoms with Crippen molar-refractivity contribution >= 4 is 0 Å². The molecule has 2 rings (SSSR count). The van der Waals surface area contributed by atoms with Crippen molar-refractivity contribution in [2.45, 2.75) is 25.0 Å². The zero-order valence-electron chi connectivity index (χ0n) is 9.52. The van der Waals surface area contributed by atoms with E-state index in [1.54, 1.807) is 7.11 Å². The van der Waals surface area contributed by atoms with Gasteiger partial charge in [-0.15, -0.1) is 0 Å². The van der Waals surface area contributed by atoms with Gasteiger partial charge in [0.05, 0.1) is 19.3 Å². The molecule has 1 aliphatic carbocycles. The number of ether oxygens (including phenoxy) is 2. The first-order chi connectivity index (χ1) is 7.35. The molecule has 0 aromatic carbocycles. The van der Waals surface area contributed by atoms with E-state index in [-0.39, 0.29) is 6.10 Å². The Morgan fingerprint density at radius 2 is 2.33 bits per heavy atom. The van der Waals surface area contributed by atoms with Crippen molar-refractivity contribution in [1.29, 1.82) is 0 Å². The minimum Gasteiger partial charge on any atom is -0.383 e. The predicted octanol–water partition coefficient (Wildman–Crippen LogP) is 0.0709. The molecule has 1 saturated carbocycles. The highest BCUT2D eigenvalue weighted by atomic mass is 16.5. The molecular formula is C11H22N2O2. The van der Waals surface area contributed by atoms with Gasteiger partial charge in [-0.05, 0) is 18.8 Å². The molecular weight excluding hydrogens is 192 g/mol. The highest BCUT2D eigenvalue weighted by Gasteiger charge is 2.37. The third-order valence-electron chi connectivity index (χ3n) is 3.41. The molecule has 2 fully saturated rings. The second kappa shape index (κ2) is 5.25. The summed E-state index contributed by atoms with van der Waals surface area (Å²) in [6.07, 6.45) is 2.94. The van der Waals surface area contributed by atoms with Crippen molar-refractivity contribution in [2.24, 2.45) is 11.7 Å². The van der Waals surface area contributed by atoms with Gasteiger partial charge >= 0.3 is 0 Å². The molecule has 1 saturated heterocycles. The zero-order valence-corrected chi connectivity index (χ0v) is 9.52. The number of nitrogens with zero attached hydrogens (tertiary/aromatic N) is 1. The minimum absolute atomic E-state index is 0.219. The Labute approximate surface area is 91.7 Å². The van der Waals surface area contributed by atoms with Crippen LogP contribution in [0, 0.1) is 5.92 Å². The minimum atomic E-state index is 0.219. The topological polar surface area (TPSA) is 47.7 Å². The van der Waals surface area contributed by atoms with E-state index in [1.165, 1.54) is 12.8 Å². The van der Waals surface area contributed by atoms with Crippen LogP contribution in [0.4, 0.5) is 0 Å². The maximum Gasteiger partial charge on any atom is 0.0824 e. The number of hydrogen-bond donors (Lipinski definition) is 1. The molecule has 1 heterocycles. The molecule has 0 bridgehead atoms. The molecule has 2 N–H and O–H groups in total. The normalized spacial score (nSPS) is 30.4. The van der Waals surface area contributed by atoms with Crippen molar-refractivity contribution in [3.05, 3.63) is 0 Å². The summed E-state index contributed by atoms with van der Waals surface area (Å²) in [5.74, 6) is 0.849. The Bertz CT molecular complexity index is 197. The smallest absolute Gasteiger partial charge is 0.0824 e. The van der Waals surface area contributed by atoms with E-state index >= 15 is 0 Å². The Balaban J connectivity index is 1.88. The van der Waals surface area contributed by atoms with Crippen LogP contribution in [0.2, 0.25) is 0 Å². The second-order valence-corrected chi connectivity index (χ2v) is 4.58. The lowest BCUT2D eigenvalue weighted by molar-refractivity contribution is -0.0533. The molecule has 0 amide bonds. The van der Waals surface area contributed by atoms with Crippen molar-refractivity contribution < 1.29 is 9.47 Å². The first kappa shape index (κ1) is 11.3. The molecule has 0 spiro atoms. The van der Waals surface area contributed by atoms with Crippen molar-refractivity contribution in [1.82, 2.24) is 4.90 Å². The molecule has 88 valence electrons. The number of morpholine rings is 1. The van der Waals surface area contributed by atoms with E-state index in [1.807, 2.05) is 0 Å². The van der Waals surface area contributed by atoms with Gasteiger partial charge in [-0.3, -0.25) is 4.90 Å². The van der Waals surface area contributed by atoms with Crippen LogP contribution in [0.1, 0.15) is 12.8 Å². The van der Waals surface area contributed by atoms with Gasteiger partial charge in [0.15, 0.2) is 0 Å². The number of rotatable bonds is 5. The monoisotopic (exact) mass is 214 g/mol. The van der Waals surface area contributed by atoms with Crippen molar-refractivity contribution in [3.8, 4) is 0 Å². The highest BCUT2D eigenvalue weighted by molar-refractivity contribution is 4.90. The van der Waals surface area contributed by atoms with E-state index in [0.29, 0.717) is 12.6 Å². The predicted molar refractivity (Wildman–Crippen MR) is 58.8 cm³/mol. The van der Waals surface area contributed by atoms with E-state index in [0.717, 1.165) is 32.2 Å². The van der Waals surface area contributed by atoms with Gasteiger partial charge in [0.2, 0.25) is 0 Å². The van der Waals surface area contributed by atoms with E-state index in [2.05, 4.69) is 4.90 Å². The summed E-state index contributed by atoms with van der Waals surface area (Å²) < 4.78 is 10.9. The van der Waals surface area contributed by atoms with Gasteiger partial charge in [-0.25, -0.2) is 0 Å². The van der Waals surface area contributed by atoms with Crippen LogP contribution in [-0.2, 0) is 9.47 Å². The molecule has 2 unspecified atom stereocenters. The lowest BCUT2D eigenvalue weighted by Gasteiger charge is -2.37. The summed E-state index contributed by atoms with van der Waals surface area (Å²) in [7, 11) is 1.79. The van der Waals surface area contributed by atoms with Crippen LogP contribution < -0.4 is 5.73 Å². The number of nitrogens with two attached hydrogens (primary N) is 1. The van der Waals surface area contributed by atoms with Crippen LogP contribution in [0.3, 0.4) is 0 Å². The lowest BCUT2D eigenvalue weighted by atomic mass is 10.1. The summed E-state index contributed by atoms with van der Waals surface area (Å²) in [4.78, 5) is 2.50. The maximum atomic E-state index is 5.65. The lowest BCUT2D eigenvalue weighted by Crippen LogP contribution is -2.51. The van der Waals surface area contributed by atoms with Crippen LogP contribution in [0.15, 0.2) is 0 Å². The quantitative estimate of drug-likeness (QED) is 0.703. The van der Waals surface area contributed by atoms with Gasteiger partial charge in [0, 0.05) is 32.8 Å². The van der Waals surface area contributed by atoms with E-state index in [9.17, 15) is 0 Å². The molecule has 1 aliphatic heterocycles. The largest absolute Gasteiger partial charge is 0.383 e. The first-order valence-corrected chi connectivity index (χ1v) is 5.89. The summed E-state index contributed by atoms with van der Waals surface area (Å²) in [6.45, 7) is 4.29. The van der Waals surface area contributed by atoms with Crippen LogP contribution in [0.5, 0.6) is 0 Å². The van der Waals surface area contributed by atoms with Gasteiger partial charge in [-0.2, -0.15) is 0 Å². The average Bonchev–Trinajstić information content (AvgIpc) is 3.10. The van der Waals surface area contributed by atoms with E-state index in [4.69, 9.17) is 15.2 Å². The third kappa shape index (κ3) is 2.91. The molecule has 4 heteroatoms. The van der Waals surface area contributed by atoms with Crippen LogP contribution in [-0.4, -0.2) is 57.0 Å². The molecule has 0 radical (unpaired) electrons. The average molecular weight is 214 g/mol. The molecule has 0 aromatic rings. The standard InChI is InChI=1S/C11H22N2O2/c1-14-8-11(9-2-3-9)13-4-5-15-10(6-12)7-13/h9-11H,2-8,12H2,1H3. The van der Waals surface area contributed by atoms with Crippen LogP contribution in [0.25, 0.3) is 0 Å². The molecule has 4 nitrogen and oxygen atoms in total. The van der Waals surface area contributed by atoms with Gasteiger partial charge in [0.25, 0.3) is 0 Å². The molecule has 0 aromatic heterocycles. The molecule has 2 atom stereocenters. The van der Waals surface area contributed by atoms with Gasteiger partial charge in [-0.1, -0.05) is 0 Å². The fourth-order valence-electron chi connectivity index (χ4n) is 2.38. The molecule has 2 aliphatic rings. The Morgan fingerprint density at radius 3 is 2.93 bits per heavy atom. The fourth-order valence-corrected chi connectivity index (χ4v) is 2.38. The summed E-state index contributed by atoms with van der Waals surface area (Å²) in [5, 5.41) is 0. The number of methoxy groups -OCH3 is 1. The van der Waals surface area contributed by atoms with Crippen molar-refractivity contribution in [2.75, 3.05) is 40.0 Å². The fraction of sp³-hybridized carbons (Fsp3) is 1.00. The van der Waals surface area contributed by atoms with Crippen molar-refractivity contribution in [3.63, 3.8) is 0 Å². The Hall–Kier alpha value is -0.160. The van der Waals surface area contributed by atoms with Gasteiger partial charge in [0.1, 0.15) is 0 Å². The maximum absolute atomic E-state index is 5.65. The summed E-state index contributed by atoms with van der Waals surface area (Å²) in [5.41, 5.74) is 5.65. The second-order valence-electron chi connectivity index (χ2n) is 4.58. The summed E-state index contributed by atoms with van der Waals surface area (Å²) >= 11 is 0. The third-order valence-corrected chi connectivity index (χ3v) is 3.41. The highest BCUT2D eigenvalue weighted by Crippen LogP contribution is 2.36.